The third-order valence-corrected chi connectivity index (χ3v) is 6.93. The number of nitrogens with zero attached hydrogens (tertiary/aromatic N) is 1. The van der Waals surface area contributed by atoms with Crippen LogP contribution in [-0.2, 0) is 11.8 Å². The maximum absolute atomic E-state index is 13.6. The highest BCUT2D eigenvalue weighted by molar-refractivity contribution is 6.43. The van der Waals surface area contributed by atoms with Crippen molar-refractivity contribution in [3.63, 3.8) is 0 Å². The maximum atomic E-state index is 13.6. The first-order valence-electron chi connectivity index (χ1n) is 11.8. The van der Waals surface area contributed by atoms with E-state index >= 15 is 0 Å². The summed E-state index contributed by atoms with van der Waals surface area (Å²) in [5, 5.41) is 15.3. The summed E-state index contributed by atoms with van der Waals surface area (Å²) < 4.78 is 15.1. The van der Waals surface area contributed by atoms with Crippen molar-refractivity contribution < 1.29 is 23.9 Å². The summed E-state index contributed by atoms with van der Waals surface area (Å²) in [6, 6.07) is 4.27. The summed E-state index contributed by atoms with van der Waals surface area (Å²) in [4.78, 5) is 39.5. The van der Waals surface area contributed by atoms with E-state index in [4.69, 9.17) is 0 Å². The smallest absolute Gasteiger partial charge is 0.294 e. The number of carbonyl (C=O) groups excluding carboxylic acids is 3. The van der Waals surface area contributed by atoms with Crippen LogP contribution in [0, 0.1) is 32.5 Å². The first-order valence-corrected chi connectivity index (χ1v) is 11.8. The molecule has 2 amide bonds. The number of aliphatic hydroxyl groups excluding tert-OH is 1. The summed E-state index contributed by atoms with van der Waals surface area (Å²) in [5.41, 5.74) is 2.40. The van der Waals surface area contributed by atoms with E-state index in [2.05, 4.69) is 24.1 Å². The van der Waals surface area contributed by atoms with Gasteiger partial charge in [-0.3, -0.25) is 14.4 Å². The van der Waals surface area contributed by atoms with E-state index in [1.165, 1.54) is 18.2 Å². The lowest BCUT2D eigenvalue weighted by Gasteiger charge is -2.41. The molecule has 8 heteroatoms. The monoisotopic (exact) mass is 483 g/mol. The highest BCUT2D eigenvalue weighted by atomic mass is 19.1. The van der Waals surface area contributed by atoms with Crippen LogP contribution in [0.4, 0.5) is 10.1 Å². The van der Waals surface area contributed by atoms with Crippen molar-refractivity contribution in [1.29, 1.82) is 0 Å². The third kappa shape index (κ3) is 5.37. The molecular weight excluding hydrogens is 449 g/mol. The molecule has 2 unspecified atom stereocenters. The van der Waals surface area contributed by atoms with Gasteiger partial charge in [-0.15, -0.1) is 0 Å². The largest absolute Gasteiger partial charge is 0.396 e. The van der Waals surface area contributed by atoms with E-state index in [9.17, 15) is 23.9 Å². The lowest BCUT2D eigenvalue weighted by molar-refractivity contribution is -0.119. The number of rotatable bonds is 7. The summed E-state index contributed by atoms with van der Waals surface area (Å²) in [5.74, 6) is -2.07. The van der Waals surface area contributed by atoms with Crippen LogP contribution in [0.5, 0.6) is 0 Å². The lowest BCUT2D eigenvalue weighted by atomic mass is 9.72. The number of anilines is 1. The van der Waals surface area contributed by atoms with Gasteiger partial charge >= 0.3 is 0 Å². The number of amides is 2. The zero-order valence-corrected chi connectivity index (χ0v) is 21.0. The van der Waals surface area contributed by atoms with E-state index in [1.807, 2.05) is 0 Å². The molecule has 1 aromatic carbocycles. The molecule has 7 nitrogen and oxygen atoms in total. The molecule has 0 spiro atoms. The van der Waals surface area contributed by atoms with E-state index < -0.39 is 23.1 Å². The van der Waals surface area contributed by atoms with Crippen molar-refractivity contribution in [3.8, 4) is 0 Å². The number of ketones is 1. The summed E-state index contributed by atoms with van der Waals surface area (Å²) in [7, 11) is 1.63. The molecule has 1 aliphatic carbocycles. The molecule has 2 atom stereocenters. The molecule has 0 saturated heterocycles. The van der Waals surface area contributed by atoms with Gasteiger partial charge in [-0.1, -0.05) is 19.1 Å². The fourth-order valence-corrected chi connectivity index (χ4v) is 5.37. The molecular formula is C27H34FN3O4. The number of carbonyl (C=O) groups is 3. The SMILES string of the molecule is C=C1CC(C)CC(CCO)(NC(=O)C(=O)c2c(C)c(C(=O)Nc3ccc(F)c(C)c3)c(C)n2C)C1. The molecule has 3 N–H and O–H groups in total. The molecule has 188 valence electrons. The van der Waals surface area contributed by atoms with Gasteiger partial charge in [0.1, 0.15) is 5.82 Å². The summed E-state index contributed by atoms with van der Waals surface area (Å²) in [6.45, 7) is 10.9. The van der Waals surface area contributed by atoms with Gasteiger partial charge in [0, 0.05) is 30.6 Å². The van der Waals surface area contributed by atoms with Crippen LogP contribution in [0.3, 0.4) is 0 Å². The third-order valence-electron chi connectivity index (χ3n) is 6.93. The minimum atomic E-state index is -0.773. The average Bonchev–Trinajstić information content (AvgIpc) is 2.97. The number of hydrogen-bond acceptors (Lipinski definition) is 4. The Labute approximate surface area is 205 Å². The molecule has 1 aliphatic rings. The molecule has 1 fully saturated rings. The first-order chi connectivity index (χ1) is 16.4. The average molecular weight is 484 g/mol. The molecule has 0 aliphatic heterocycles. The van der Waals surface area contributed by atoms with E-state index in [0.717, 1.165) is 12.0 Å². The quantitative estimate of drug-likeness (QED) is 0.313. The minimum absolute atomic E-state index is 0.121. The van der Waals surface area contributed by atoms with Gasteiger partial charge in [0.05, 0.1) is 11.3 Å². The van der Waals surface area contributed by atoms with Crippen LogP contribution in [-0.4, -0.2) is 39.4 Å². The number of Topliss-reactive ketones (excluding diaryl/α,β-unsaturated/α-hetero) is 1. The molecule has 0 bridgehead atoms. The molecule has 1 aromatic heterocycles. The Hall–Kier alpha value is -3.26. The van der Waals surface area contributed by atoms with Crippen LogP contribution in [0.1, 0.15) is 70.3 Å². The van der Waals surface area contributed by atoms with E-state index in [0.29, 0.717) is 41.8 Å². The predicted molar refractivity (Wildman–Crippen MR) is 133 cm³/mol. The van der Waals surface area contributed by atoms with Gasteiger partial charge in [-0.05, 0) is 81.7 Å². The second-order valence-electron chi connectivity index (χ2n) is 9.89. The van der Waals surface area contributed by atoms with Crippen LogP contribution in [0.2, 0.25) is 0 Å². The Morgan fingerprint density at radius 1 is 1.26 bits per heavy atom. The Morgan fingerprint density at radius 3 is 2.54 bits per heavy atom. The van der Waals surface area contributed by atoms with Crippen molar-refractivity contribution in [2.45, 2.75) is 58.9 Å². The molecule has 3 rings (SSSR count). The predicted octanol–water partition coefficient (Wildman–Crippen LogP) is 4.14. The Kier molecular flexibility index (Phi) is 7.65. The van der Waals surface area contributed by atoms with E-state index in [-0.39, 0.29) is 29.6 Å². The highest BCUT2D eigenvalue weighted by Crippen LogP contribution is 2.37. The summed E-state index contributed by atoms with van der Waals surface area (Å²) in [6.07, 6.45) is 2.32. The standard InChI is InChI=1S/C27H34FN3O4/c1-15-11-16(2)14-27(13-15,9-10-32)30-26(35)24(33)23-18(4)22(19(5)31(23)6)25(34)29-20-7-8-21(28)17(3)12-20/h7-8,12,16,32H,1,9-11,13-14H2,2-6H3,(H,29,34)(H,30,35). The fourth-order valence-electron chi connectivity index (χ4n) is 5.37. The van der Waals surface area contributed by atoms with Gasteiger partial charge in [-0.25, -0.2) is 4.39 Å². The minimum Gasteiger partial charge on any atom is -0.396 e. The van der Waals surface area contributed by atoms with Crippen molar-refractivity contribution in [1.82, 2.24) is 9.88 Å². The number of aliphatic hydroxyl groups is 1. The Bertz CT molecular complexity index is 1200. The Balaban J connectivity index is 1.88. The van der Waals surface area contributed by atoms with Crippen molar-refractivity contribution >= 4 is 23.3 Å². The molecule has 35 heavy (non-hydrogen) atoms. The molecule has 1 heterocycles. The normalized spacial score (nSPS) is 20.0. The highest BCUT2D eigenvalue weighted by Gasteiger charge is 2.39. The molecule has 0 radical (unpaired) electrons. The zero-order valence-electron chi connectivity index (χ0n) is 21.0. The maximum Gasteiger partial charge on any atom is 0.294 e. The lowest BCUT2D eigenvalue weighted by Crippen LogP contribution is -2.54. The van der Waals surface area contributed by atoms with Crippen LogP contribution < -0.4 is 10.6 Å². The number of aromatic nitrogens is 1. The van der Waals surface area contributed by atoms with Gasteiger partial charge in [-0.2, -0.15) is 0 Å². The second-order valence-corrected chi connectivity index (χ2v) is 9.89. The van der Waals surface area contributed by atoms with Crippen LogP contribution in [0.25, 0.3) is 0 Å². The number of nitrogens with one attached hydrogen (secondary N) is 2. The second kappa shape index (κ2) is 10.2. The number of benzene rings is 1. The molecule has 2 aromatic rings. The fraction of sp³-hybridized carbons (Fsp3) is 0.444. The van der Waals surface area contributed by atoms with Crippen LogP contribution >= 0.6 is 0 Å². The van der Waals surface area contributed by atoms with E-state index in [1.54, 1.807) is 32.4 Å². The topological polar surface area (TPSA) is 100 Å². The zero-order chi connectivity index (χ0) is 26.1. The van der Waals surface area contributed by atoms with Gasteiger partial charge in [0.25, 0.3) is 17.6 Å². The molecule has 1 saturated carbocycles. The first kappa shape index (κ1) is 26.3. The van der Waals surface area contributed by atoms with Crippen molar-refractivity contribution in [2.75, 3.05) is 11.9 Å². The number of aryl methyl sites for hydroxylation is 1. The van der Waals surface area contributed by atoms with Crippen LogP contribution in [0.15, 0.2) is 30.4 Å². The van der Waals surface area contributed by atoms with Gasteiger partial charge < -0.3 is 20.3 Å². The summed E-state index contributed by atoms with van der Waals surface area (Å²) >= 11 is 0. The Morgan fingerprint density at radius 2 is 1.94 bits per heavy atom. The van der Waals surface area contributed by atoms with Gasteiger partial charge in [0.15, 0.2) is 0 Å². The number of halogens is 1. The van der Waals surface area contributed by atoms with Crippen molar-refractivity contribution in [2.24, 2.45) is 13.0 Å². The number of hydrogen-bond donors (Lipinski definition) is 3. The van der Waals surface area contributed by atoms with Crippen molar-refractivity contribution in [3.05, 3.63) is 64.2 Å². The van der Waals surface area contributed by atoms with Gasteiger partial charge in [0.2, 0.25) is 0 Å².